The summed E-state index contributed by atoms with van der Waals surface area (Å²) in [6.45, 7) is 1.80. The summed E-state index contributed by atoms with van der Waals surface area (Å²) in [5.41, 5.74) is 0.696. The molecule has 0 fully saturated rings. The van der Waals surface area contributed by atoms with E-state index in [1.165, 1.54) is 11.3 Å². The number of hydrogen-bond donors (Lipinski definition) is 0. The fraction of sp³-hybridized carbons (Fsp3) is 0.125. The Bertz CT molecular complexity index is 438. The second-order valence-electron chi connectivity index (χ2n) is 2.53. The third-order valence-electron chi connectivity index (χ3n) is 1.68. The average Bonchev–Trinajstić information content (AvgIpc) is 2.28. The summed E-state index contributed by atoms with van der Waals surface area (Å²) < 4.78 is 1.87. The molecule has 0 N–H and O–H groups in total. The van der Waals surface area contributed by atoms with Gasteiger partial charge < -0.3 is 5.21 Å². The molecule has 0 radical (unpaired) electrons. The first-order valence-corrected chi connectivity index (χ1v) is 4.66. The van der Waals surface area contributed by atoms with Gasteiger partial charge in [0, 0.05) is 18.0 Å². The third-order valence-corrected chi connectivity index (χ3v) is 2.93. The molecule has 0 atom stereocenters. The first-order chi connectivity index (χ1) is 5.68. The smallest absolute Gasteiger partial charge is 0.246 e. The normalized spacial score (nSPS) is 10.8. The summed E-state index contributed by atoms with van der Waals surface area (Å²) in [5, 5.41) is 12.7. The fourth-order valence-corrected chi connectivity index (χ4v) is 2.29. The average molecular weight is 200 g/mol. The van der Waals surface area contributed by atoms with Crippen LogP contribution < -0.4 is 4.73 Å². The maximum atomic E-state index is 11.3. The highest BCUT2D eigenvalue weighted by atomic mass is 35.5. The SMILES string of the molecule is Cc1sc2cc(Cl)ccc2[n+]1[O-]. The van der Waals surface area contributed by atoms with E-state index in [9.17, 15) is 5.21 Å². The maximum Gasteiger partial charge on any atom is 0.246 e. The van der Waals surface area contributed by atoms with Crippen LogP contribution in [0.25, 0.3) is 10.2 Å². The lowest BCUT2D eigenvalue weighted by Crippen LogP contribution is -2.26. The molecule has 1 aromatic heterocycles. The van der Waals surface area contributed by atoms with Crippen LogP contribution in [0, 0.1) is 12.1 Å². The summed E-state index contributed by atoms with van der Waals surface area (Å²) >= 11 is 7.23. The molecule has 4 heteroatoms. The second kappa shape index (κ2) is 2.61. The minimum Gasteiger partial charge on any atom is -0.617 e. The molecule has 2 aromatic rings. The van der Waals surface area contributed by atoms with Gasteiger partial charge in [-0.3, -0.25) is 0 Å². The van der Waals surface area contributed by atoms with E-state index in [0.717, 1.165) is 14.4 Å². The topological polar surface area (TPSA) is 26.9 Å². The molecular weight excluding hydrogens is 194 g/mol. The molecule has 0 unspecified atom stereocenters. The van der Waals surface area contributed by atoms with Gasteiger partial charge in [-0.1, -0.05) is 22.9 Å². The molecule has 1 aromatic carbocycles. The summed E-state index contributed by atoms with van der Waals surface area (Å²) in [7, 11) is 0. The Hall–Kier alpha value is -0.800. The summed E-state index contributed by atoms with van der Waals surface area (Å²) in [6.07, 6.45) is 0. The molecule has 0 saturated carbocycles. The van der Waals surface area contributed by atoms with Gasteiger partial charge in [0.2, 0.25) is 10.5 Å². The van der Waals surface area contributed by atoms with Crippen LogP contribution in [0.3, 0.4) is 0 Å². The Labute approximate surface area is 78.6 Å². The lowest BCUT2D eigenvalue weighted by Gasteiger charge is -1.92. The zero-order valence-electron chi connectivity index (χ0n) is 6.37. The van der Waals surface area contributed by atoms with E-state index in [-0.39, 0.29) is 0 Å². The number of aryl methyl sites for hydroxylation is 1. The van der Waals surface area contributed by atoms with Crippen LogP contribution >= 0.6 is 22.9 Å². The predicted molar refractivity (Wildman–Crippen MR) is 50.5 cm³/mol. The number of thiazole rings is 1. The highest BCUT2D eigenvalue weighted by Crippen LogP contribution is 2.22. The molecule has 0 aliphatic rings. The van der Waals surface area contributed by atoms with E-state index >= 15 is 0 Å². The predicted octanol–water partition coefficient (Wildman–Crippen LogP) is 2.50. The minimum absolute atomic E-state index is 0.671. The van der Waals surface area contributed by atoms with E-state index < -0.39 is 0 Å². The van der Waals surface area contributed by atoms with Crippen LogP contribution in [0.1, 0.15) is 5.01 Å². The van der Waals surface area contributed by atoms with Crippen LogP contribution in [0.2, 0.25) is 5.02 Å². The molecule has 2 rings (SSSR count). The molecule has 0 aliphatic heterocycles. The monoisotopic (exact) mass is 199 g/mol. The van der Waals surface area contributed by atoms with Crippen molar-refractivity contribution in [2.24, 2.45) is 0 Å². The van der Waals surface area contributed by atoms with Gasteiger partial charge in [0.05, 0.1) is 0 Å². The number of fused-ring (bicyclic) bond motifs is 1. The van der Waals surface area contributed by atoms with Crippen molar-refractivity contribution in [3.8, 4) is 0 Å². The van der Waals surface area contributed by atoms with Crippen molar-refractivity contribution >= 4 is 33.2 Å². The summed E-state index contributed by atoms with van der Waals surface area (Å²) in [6, 6.07) is 5.28. The quantitative estimate of drug-likeness (QED) is 0.473. The number of hydrogen-bond acceptors (Lipinski definition) is 2. The number of nitrogens with zero attached hydrogens (tertiary/aromatic N) is 1. The van der Waals surface area contributed by atoms with E-state index in [2.05, 4.69) is 0 Å². The van der Waals surface area contributed by atoms with Crippen molar-refractivity contribution in [1.29, 1.82) is 0 Å². The van der Waals surface area contributed by atoms with Crippen molar-refractivity contribution in [2.45, 2.75) is 6.92 Å². The van der Waals surface area contributed by atoms with E-state index in [4.69, 9.17) is 11.6 Å². The zero-order valence-corrected chi connectivity index (χ0v) is 7.95. The van der Waals surface area contributed by atoms with Crippen molar-refractivity contribution in [3.05, 3.63) is 33.4 Å². The standard InChI is InChI=1S/C8H6ClNOS/c1-5-10(11)7-3-2-6(9)4-8(7)12-5/h2-4H,1H3. The van der Waals surface area contributed by atoms with Crippen LogP contribution in [0.4, 0.5) is 0 Å². The van der Waals surface area contributed by atoms with Crippen molar-refractivity contribution in [2.75, 3.05) is 0 Å². The second-order valence-corrected chi connectivity index (χ2v) is 4.20. The lowest BCUT2D eigenvalue weighted by molar-refractivity contribution is -0.578. The molecule has 0 amide bonds. The van der Waals surface area contributed by atoms with Crippen LogP contribution in [-0.2, 0) is 0 Å². The Balaban J connectivity index is 2.87. The van der Waals surface area contributed by atoms with Gasteiger partial charge in [0.25, 0.3) is 0 Å². The molecule has 0 saturated heterocycles. The van der Waals surface area contributed by atoms with Crippen molar-refractivity contribution in [1.82, 2.24) is 0 Å². The van der Waals surface area contributed by atoms with Crippen LogP contribution in [0.15, 0.2) is 18.2 Å². The summed E-state index contributed by atoms with van der Waals surface area (Å²) in [5.74, 6) is 0. The minimum atomic E-state index is 0.671. The molecular formula is C8H6ClNOS. The van der Waals surface area contributed by atoms with E-state index in [1.54, 1.807) is 19.1 Å². The van der Waals surface area contributed by atoms with Gasteiger partial charge in [-0.25, -0.2) is 0 Å². The molecule has 0 spiro atoms. The first kappa shape index (κ1) is 7.83. The molecule has 62 valence electrons. The van der Waals surface area contributed by atoms with Gasteiger partial charge in [0.15, 0.2) is 0 Å². The Kier molecular flexibility index (Phi) is 1.70. The Morgan fingerprint density at radius 3 is 3.00 bits per heavy atom. The van der Waals surface area contributed by atoms with E-state index in [1.807, 2.05) is 6.07 Å². The molecule has 0 aliphatic carbocycles. The van der Waals surface area contributed by atoms with Crippen LogP contribution in [0.5, 0.6) is 0 Å². The molecule has 1 heterocycles. The van der Waals surface area contributed by atoms with Crippen LogP contribution in [-0.4, -0.2) is 0 Å². The summed E-state index contributed by atoms with van der Waals surface area (Å²) in [4.78, 5) is 0. The highest BCUT2D eigenvalue weighted by molar-refractivity contribution is 7.18. The van der Waals surface area contributed by atoms with Gasteiger partial charge in [-0.2, -0.15) is 4.73 Å². The number of aromatic nitrogens is 1. The molecule has 12 heavy (non-hydrogen) atoms. The first-order valence-electron chi connectivity index (χ1n) is 3.47. The lowest BCUT2D eigenvalue weighted by atomic mass is 10.3. The Morgan fingerprint density at radius 1 is 1.50 bits per heavy atom. The molecule has 0 bridgehead atoms. The maximum absolute atomic E-state index is 11.3. The van der Waals surface area contributed by atoms with Crippen molar-refractivity contribution < 1.29 is 4.73 Å². The van der Waals surface area contributed by atoms with Crippen molar-refractivity contribution in [3.63, 3.8) is 0 Å². The molecule has 2 nitrogen and oxygen atoms in total. The fourth-order valence-electron chi connectivity index (χ4n) is 1.11. The third kappa shape index (κ3) is 1.06. The van der Waals surface area contributed by atoms with Gasteiger partial charge in [-0.15, -0.1) is 0 Å². The van der Waals surface area contributed by atoms with E-state index in [0.29, 0.717) is 10.5 Å². The number of benzene rings is 1. The largest absolute Gasteiger partial charge is 0.617 e. The number of rotatable bonds is 0. The zero-order chi connectivity index (χ0) is 8.72. The number of halogens is 1. The Morgan fingerprint density at radius 2 is 2.25 bits per heavy atom. The highest BCUT2D eigenvalue weighted by Gasteiger charge is 2.10. The van der Waals surface area contributed by atoms with Gasteiger partial charge in [0.1, 0.15) is 4.70 Å². The van der Waals surface area contributed by atoms with Gasteiger partial charge >= 0.3 is 0 Å². The van der Waals surface area contributed by atoms with Gasteiger partial charge in [-0.05, 0) is 12.1 Å².